The lowest BCUT2D eigenvalue weighted by molar-refractivity contribution is 0.0695. The van der Waals surface area contributed by atoms with Crippen molar-refractivity contribution in [1.82, 2.24) is 14.4 Å². The number of anilines is 1. The lowest BCUT2D eigenvalue weighted by Crippen LogP contribution is -2.37. The number of amides is 2. The Morgan fingerprint density at radius 1 is 0.739 bits per heavy atom. The van der Waals surface area contributed by atoms with Crippen LogP contribution in [0.4, 0.5) is 5.69 Å². The zero-order valence-electron chi connectivity index (χ0n) is 26.7. The van der Waals surface area contributed by atoms with E-state index in [2.05, 4.69) is 0 Å². The van der Waals surface area contributed by atoms with Crippen molar-refractivity contribution in [3.63, 3.8) is 0 Å². The van der Waals surface area contributed by atoms with E-state index in [0.717, 1.165) is 22.0 Å². The summed E-state index contributed by atoms with van der Waals surface area (Å²) in [7, 11) is 11.0. The Labute approximate surface area is 267 Å². The topological polar surface area (TPSA) is 118 Å². The number of phenols is 1. The molecule has 0 fully saturated rings. The van der Waals surface area contributed by atoms with Gasteiger partial charge in [-0.05, 0) is 60.2 Å². The first-order chi connectivity index (χ1) is 21.8. The third-order valence-electron chi connectivity index (χ3n) is 8.07. The Bertz CT molecular complexity index is 2010. The molecule has 0 saturated heterocycles. The second-order valence-corrected chi connectivity index (χ2v) is 11.7. The van der Waals surface area contributed by atoms with Gasteiger partial charge < -0.3 is 29.3 Å². The molecule has 0 aromatic heterocycles. The summed E-state index contributed by atoms with van der Waals surface area (Å²) in [6, 6.07) is 22.3. The molecule has 2 N–H and O–H groups in total. The summed E-state index contributed by atoms with van der Waals surface area (Å²) in [5.41, 5.74) is 4.07. The van der Waals surface area contributed by atoms with Crippen molar-refractivity contribution in [3.8, 4) is 28.2 Å². The Kier molecular flexibility index (Phi) is 8.82. The Morgan fingerprint density at radius 2 is 1.35 bits per heavy atom. The summed E-state index contributed by atoms with van der Waals surface area (Å²) in [5.74, 6) is -1.11. The largest absolute Gasteiger partial charge is 0.508 e. The minimum Gasteiger partial charge on any atom is -0.508 e. The Morgan fingerprint density at radius 3 is 1.96 bits per heavy atom. The van der Waals surface area contributed by atoms with Crippen LogP contribution in [0.2, 0.25) is 0 Å². The van der Waals surface area contributed by atoms with Crippen LogP contribution in [0.5, 0.6) is 5.75 Å². The molecule has 2 amide bonds. The van der Waals surface area contributed by atoms with Crippen LogP contribution in [0.25, 0.3) is 33.4 Å². The molecule has 10 heteroatoms. The molecule has 3 aromatic rings. The molecule has 2 aliphatic rings. The van der Waals surface area contributed by atoms with Crippen LogP contribution in [0.15, 0.2) is 83.3 Å². The highest BCUT2D eigenvalue weighted by atomic mass is 16.4. The molecular weight excluding hydrogens is 584 g/mol. The summed E-state index contributed by atoms with van der Waals surface area (Å²) >= 11 is 0. The van der Waals surface area contributed by atoms with Gasteiger partial charge >= 0.3 is 5.97 Å². The van der Waals surface area contributed by atoms with Crippen molar-refractivity contribution in [3.05, 3.63) is 101 Å². The molecule has 0 spiro atoms. The minimum atomic E-state index is -1.16. The van der Waals surface area contributed by atoms with Gasteiger partial charge in [-0.1, -0.05) is 6.07 Å². The molecule has 0 saturated carbocycles. The zero-order valence-corrected chi connectivity index (χ0v) is 26.7. The van der Waals surface area contributed by atoms with Gasteiger partial charge in [0, 0.05) is 86.7 Å². The van der Waals surface area contributed by atoms with E-state index in [4.69, 9.17) is 4.42 Å². The average molecular weight is 622 g/mol. The standard InChI is InChI=1S/C36H36N4O6/c1-37(2)24-10-15-28-31(20-24)46-32-21-25(38(3)4)11-16-29(32)33(28)27-14-9-23(19-30(27)36(44)45)35(43)40(6)18-17-39(5)34(42)22-7-12-26(41)13-8-22/h7-16,19-21H,17-18H2,1-6H3,(H-,41,42,44,45)/p+1. The summed E-state index contributed by atoms with van der Waals surface area (Å²) in [6.45, 7) is 0.475. The van der Waals surface area contributed by atoms with Crippen LogP contribution < -0.4 is 14.8 Å². The molecule has 0 unspecified atom stereocenters. The van der Waals surface area contributed by atoms with Crippen molar-refractivity contribution in [1.29, 1.82) is 0 Å². The lowest BCUT2D eigenvalue weighted by atomic mass is 9.89. The van der Waals surface area contributed by atoms with Gasteiger partial charge in [0.25, 0.3) is 11.8 Å². The molecular formula is C36H37N4O6+. The first-order valence-electron chi connectivity index (χ1n) is 14.7. The lowest BCUT2D eigenvalue weighted by Gasteiger charge is -2.23. The summed E-state index contributed by atoms with van der Waals surface area (Å²) in [4.78, 5) is 43.9. The van der Waals surface area contributed by atoms with Gasteiger partial charge in [0.05, 0.1) is 11.6 Å². The third-order valence-corrected chi connectivity index (χ3v) is 8.07. The fourth-order valence-electron chi connectivity index (χ4n) is 5.33. The molecule has 1 heterocycles. The van der Waals surface area contributed by atoms with Crippen molar-refractivity contribution < 1.29 is 29.0 Å². The maximum Gasteiger partial charge on any atom is 0.336 e. The maximum absolute atomic E-state index is 13.5. The number of carbonyl (C=O) groups is 3. The molecule has 1 aliphatic carbocycles. The maximum atomic E-state index is 13.5. The number of hydrogen-bond donors (Lipinski definition) is 2. The number of carboxylic acid groups (broad SMARTS) is 1. The second-order valence-electron chi connectivity index (χ2n) is 11.7. The van der Waals surface area contributed by atoms with Gasteiger partial charge in [0.1, 0.15) is 31.2 Å². The van der Waals surface area contributed by atoms with E-state index in [9.17, 15) is 24.6 Å². The van der Waals surface area contributed by atoms with Crippen LogP contribution in [0, 0.1) is 0 Å². The Balaban J connectivity index is 1.51. The molecule has 1 aliphatic heterocycles. The zero-order chi connectivity index (χ0) is 33.3. The number of nitrogens with zero attached hydrogens (tertiary/aromatic N) is 4. The number of likely N-dealkylation sites (N-methyl/N-ethyl adjacent to an activating group) is 2. The monoisotopic (exact) mass is 621 g/mol. The van der Waals surface area contributed by atoms with E-state index >= 15 is 0 Å². The third kappa shape index (κ3) is 6.28. The molecule has 3 aromatic carbocycles. The minimum absolute atomic E-state index is 0.0129. The number of carboxylic acids is 1. The van der Waals surface area contributed by atoms with E-state index in [1.165, 1.54) is 40.1 Å². The summed E-state index contributed by atoms with van der Waals surface area (Å²) < 4.78 is 8.35. The number of rotatable bonds is 8. The fourth-order valence-corrected chi connectivity index (χ4v) is 5.33. The van der Waals surface area contributed by atoms with E-state index in [-0.39, 0.29) is 41.8 Å². The molecule has 0 atom stereocenters. The van der Waals surface area contributed by atoms with Crippen LogP contribution in [-0.2, 0) is 0 Å². The number of fused-ring (bicyclic) bond motifs is 2. The van der Waals surface area contributed by atoms with Crippen LogP contribution in [0.3, 0.4) is 0 Å². The molecule has 0 bridgehead atoms. The molecule has 46 heavy (non-hydrogen) atoms. The number of benzene rings is 4. The summed E-state index contributed by atoms with van der Waals surface area (Å²) in [5, 5.41) is 21.6. The van der Waals surface area contributed by atoms with Gasteiger partial charge in [-0.25, -0.2) is 9.37 Å². The number of phenolic OH excluding ortho intramolecular Hbond substituents is 1. The van der Waals surface area contributed by atoms with Crippen molar-refractivity contribution >= 4 is 34.4 Å². The van der Waals surface area contributed by atoms with E-state index < -0.39 is 5.97 Å². The van der Waals surface area contributed by atoms with Crippen molar-refractivity contribution in [2.24, 2.45) is 0 Å². The number of aromatic hydroxyl groups is 1. The smallest absolute Gasteiger partial charge is 0.336 e. The van der Waals surface area contributed by atoms with Crippen LogP contribution >= 0.6 is 0 Å². The highest BCUT2D eigenvalue weighted by Crippen LogP contribution is 2.42. The van der Waals surface area contributed by atoms with Crippen molar-refractivity contribution in [2.75, 3.05) is 60.3 Å². The normalized spacial score (nSPS) is 11.0. The number of aromatic carboxylic acids is 1. The van der Waals surface area contributed by atoms with Crippen LogP contribution in [-0.4, -0.2) is 93.2 Å². The predicted molar refractivity (Wildman–Crippen MR) is 179 cm³/mol. The number of carbonyl (C=O) groups excluding carboxylic acids is 2. The second kappa shape index (κ2) is 12.8. The van der Waals surface area contributed by atoms with Gasteiger partial charge in [0.15, 0.2) is 0 Å². The van der Waals surface area contributed by atoms with E-state index in [0.29, 0.717) is 28.0 Å². The first-order valence-corrected chi connectivity index (χ1v) is 14.7. The van der Waals surface area contributed by atoms with Crippen LogP contribution in [0.1, 0.15) is 31.1 Å². The van der Waals surface area contributed by atoms with Crippen molar-refractivity contribution in [2.45, 2.75) is 0 Å². The van der Waals surface area contributed by atoms with E-state index in [1.807, 2.05) is 74.1 Å². The SMILES string of the molecule is CN(CCN(C)C(=O)c1ccc(-c2c3ccc(=[N+](C)C)cc-3oc3cc(N(C)C)ccc23)c(C(=O)O)c1)C(=O)c1ccc(O)cc1. The summed E-state index contributed by atoms with van der Waals surface area (Å²) in [6.07, 6.45) is 0. The Hall–Kier alpha value is -5.64. The van der Waals surface area contributed by atoms with E-state index in [1.54, 1.807) is 26.2 Å². The van der Waals surface area contributed by atoms with Gasteiger partial charge in [0.2, 0.25) is 5.36 Å². The highest BCUT2D eigenvalue weighted by Gasteiger charge is 2.24. The molecule has 0 radical (unpaired) electrons. The van der Waals surface area contributed by atoms with Gasteiger partial charge in [-0.3, -0.25) is 9.59 Å². The number of hydrogen-bond acceptors (Lipinski definition) is 6. The van der Waals surface area contributed by atoms with Gasteiger partial charge in [-0.2, -0.15) is 0 Å². The average Bonchev–Trinajstić information content (AvgIpc) is 3.04. The first kappa shape index (κ1) is 31.8. The molecule has 236 valence electrons. The predicted octanol–water partition coefficient (Wildman–Crippen LogP) is 4.55. The molecule has 5 rings (SSSR count). The fraction of sp³-hybridized carbons (Fsp3) is 0.222. The van der Waals surface area contributed by atoms with Gasteiger partial charge in [-0.15, -0.1) is 0 Å². The quantitative estimate of drug-likeness (QED) is 0.193. The highest BCUT2D eigenvalue weighted by molar-refractivity contribution is 6.09. The molecule has 10 nitrogen and oxygen atoms in total.